The van der Waals surface area contributed by atoms with Crippen LogP contribution in [0, 0.1) is 25.1 Å². The van der Waals surface area contributed by atoms with Crippen LogP contribution < -0.4 is 4.40 Å². The van der Waals surface area contributed by atoms with Gasteiger partial charge in [-0.3, -0.25) is 4.98 Å². The summed E-state index contributed by atoms with van der Waals surface area (Å²) in [6.45, 7) is 15.6. The topological polar surface area (TPSA) is 69.6 Å². The van der Waals surface area contributed by atoms with E-state index in [0.717, 1.165) is 56.7 Å². The Bertz CT molecular complexity index is 2950. The number of benzene rings is 4. The van der Waals surface area contributed by atoms with E-state index in [0.29, 0.717) is 17.2 Å². The zero-order valence-corrected chi connectivity index (χ0v) is 42.0. The largest absolute Gasteiger partial charge is 0.457 e. The van der Waals surface area contributed by atoms with E-state index >= 15 is 0 Å². The van der Waals surface area contributed by atoms with Crippen molar-refractivity contribution in [2.75, 3.05) is 0 Å². The Morgan fingerprint density at radius 3 is 2.08 bits per heavy atom. The molecule has 0 bridgehead atoms. The van der Waals surface area contributed by atoms with Gasteiger partial charge in [-0.05, 0) is 77.5 Å². The third kappa shape index (κ3) is 9.27. The summed E-state index contributed by atoms with van der Waals surface area (Å²) in [4.78, 5) is 19.2. The van der Waals surface area contributed by atoms with Crippen molar-refractivity contribution in [2.45, 2.75) is 84.0 Å². The van der Waals surface area contributed by atoms with Crippen LogP contribution in [0.3, 0.4) is 0 Å². The summed E-state index contributed by atoms with van der Waals surface area (Å²) in [6.07, 6.45) is 6.58. The average Bonchev–Trinajstić information content (AvgIpc) is 3.81. The van der Waals surface area contributed by atoms with Crippen molar-refractivity contribution in [3.05, 3.63) is 156 Å². The van der Waals surface area contributed by atoms with Crippen LogP contribution in [0.1, 0.15) is 75.8 Å². The van der Waals surface area contributed by atoms with Gasteiger partial charge in [0.05, 0.1) is 22.4 Å². The van der Waals surface area contributed by atoms with Crippen LogP contribution >= 0.6 is 0 Å². The smallest absolute Gasteiger partial charge is 0.217 e. The van der Waals surface area contributed by atoms with Crippen molar-refractivity contribution in [3.63, 3.8) is 0 Å². The fourth-order valence-corrected chi connectivity index (χ4v) is 11.5. The minimum absolute atomic E-state index is 0. The van der Waals surface area contributed by atoms with Gasteiger partial charge >= 0.3 is 126 Å². The maximum atomic E-state index is 6.17. The summed E-state index contributed by atoms with van der Waals surface area (Å²) in [7, 11) is 0. The van der Waals surface area contributed by atoms with Crippen molar-refractivity contribution < 1.29 is 24.5 Å². The van der Waals surface area contributed by atoms with Gasteiger partial charge in [0.2, 0.25) is 5.71 Å². The molecule has 9 aromatic rings. The number of aromatic nitrogens is 5. The van der Waals surface area contributed by atoms with Crippen molar-refractivity contribution in [2.24, 2.45) is 5.92 Å². The Hall–Kier alpha value is -5.21. The summed E-state index contributed by atoms with van der Waals surface area (Å²) in [5.41, 5.74) is 15.5. The van der Waals surface area contributed by atoms with Crippen LogP contribution in [0.2, 0.25) is 17.3 Å². The molecule has 0 fully saturated rings. The third-order valence-corrected chi connectivity index (χ3v) is 15.5. The van der Waals surface area contributed by atoms with Gasteiger partial charge in [-0.2, -0.15) is 0 Å². The molecule has 9 rings (SSSR count). The van der Waals surface area contributed by atoms with Gasteiger partial charge in [0.25, 0.3) is 0 Å². The Balaban J connectivity index is 0.000000233. The van der Waals surface area contributed by atoms with E-state index in [-0.39, 0.29) is 31.9 Å². The third-order valence-electron chi connectivity index (χ3n) is 11.2. The molecule has 6 nitrogen and oxygen atoms in total. The molecular formula is C54H55GeIrN5O-2. The number of furan rings is 1. The first kappa shape index (κ1) is 44.8. The average molecular weight is 1050 g/mol. The van der Waals surface area contributed by atoms with Crippen LogP contribution in [0.15, 0.2) is 126 Å². The monoisotopic (exact) mass is 1060 g/mol. The minimum Gasteiger partial charge on any atom is -0.457 e. The van der Waals surface area contributed by atoms with Crippen LogP contribution in [0.5, 0.6) is 0 Å². The van der Waals surface area contributed by atoms with Crippen LogP contribution in [-0.4, -0.2) is 37.8 Å². The molecule has 0 aliphatic rings. The summed E-state index contributed by atoms with van der Waals surface area (Å²) in [5.74, 6) is 9.36. The molecule has 0 saturated carbocycles. The molecule has 5 heterocycles. The molecule has 8 heteroatoms. The van der Waals surface area contributed by atoms with Crippen LogP contribution in [0.4, 0.5) is 0 Å². The number of rotatable bonds is 9. The van der Waals surface area contributed by atoms with Gasteiger partial charge in [-0.15, -0.1) is 0 Å². The molecular weight excluding hydrogens is 999 g/mol. The fraction of sp³-hybridized carbons (Fsp3) is 0.259. The number of imidazole rings is 1. The van der Waals surface area contributed by atoms with Crippen molar-refractivity contribution in [3.8, 4) is 39.5 Å². The van der Waals surface area contributed by atoms with E-state index < -0.39 is 13.3 Å². The molecule has 0 N–H and O–H groups in total. The molecule has 0 spiro atoms. The van der Waals surface area contributed by atoms with Gasteiger partial charge in [0.1, 0.15) is 0 Å². The summed E-state index contributed by atoms with van der Waals surface area (Å²) in [5, 5.41) is 0.891. The number of para-hydroxylation sites is 2. The number of nitrogens with zero attached hydrogens (tertiary/aromatic N) is 5. The first-order chi connectivity index (χ1) is 29.3. The number of pyridine rings is 3. The molecule has 0 unspecified atom stereocenters. The van der Waals surface area contributed by atoms with Crippen molar-refractivity contribution in [1.82, 2.24) is 24.5 Å². The maximum absolute atomic E-state index is 6.17. The predicted molar refractivity (Wildman–Crippen MR) is 257 cm³/mol. The van der Waals surface area contributed by atoms with Crippen molar-refractivity contribution in [1.29, 1.82) is 0 Å². The van der Waals surface area contributed by atoms with E-state index in [2.05, 4.69) is 160 Å². The normalized spacial score (nSPS) is 11.8. The van der Waals surface area contributed by atoms with Crippen molar-refractivity contribution >= 4 is 50.9 Å². The molecule has 317 valence electrons. The second kappa shape index (κ2) is 18.6. The first-order valence-electron chi connectivity index (χ1n) is 21.5. The zero-order valence-electron chi connectivity index (χ0n) is 37.5. The number of fused-ring (bicyclic) bond motifs is 4. The Morgan fingerprint density at radius 1 is 0.726 bits per heavy atom. The summed E-state index contributed by atoms with van der Waals surface area (Å²) >= 11 is -1.86. The molecule has 62 heavy (non-hydrogen) atoms. The Labute approximate surface area is 383 Å². The molecule has 0 atom stereocenters. The number of hydrogen-bond donors (Lipinski definition) is 0. The van der Waals surface area contributed by atoms with Gasteiger partial charge in [0, 0.05) is 42.4 Å². The van der Waals surface area contributed by atoms with Gasteiger partial charge in [0.15, 0.2) is 0 Å². The zero-order chi connectivity index (χ0) is 43.0. The first-order valence-corrected chi connectivity index (χ1v) is 28.9. The molecule has 1 radical (unpaired) electrons. The fourth-order valence-electron chi connectivity index (χ4n) is 8.21. The second-order valence-electron chi connectivity index (χ2n) is 18.2. The molecule has 0 aliphatic heterocycles. The minimum atomic E-state index is -1.86. The van der Waals surface area contributed by atoms with Crippen LogP contribution in [0.25, 0.3) is 72.7 Å². The van der Waals surface area contributed by atoms with Gasteiger partial charge < -0.3 is 14.0 Å². The summed E-state index contributed by atoms with van der Waals surface area (Å²) in [6, 6.07) is 43.3. The standard InChI is InChI=1S/C36H31N4O.C18H24GeN.Ir/c1-21(2)28-17-25(24-11-7-6-8-12-24)18-29(22(3)4)34(28)40-31-14-10-9-13-30(31)39-35(40)26-19-32-33(37-20-26)27-16-15-23(5)38-36(27)41-32;1-14(2)11-16-12-18(15-9-7-6-8-10-15)20-13-17(16)19(3,4)5;/h6-19,21-22H,1-5H3;6-9,12-14H,11H2,1-5H3;/q2*-1;. The molecule has 5 aromatic heterocycles. The molecule has 0 aliphatic carbocycles. The number of hydrogen-bond acceptors (Lipinski definition) is 5. The molecule has 0 amide bonds. The molecule has 4 aromatic carbocycles. The molecule has 0 saturated heterocycles. The van der Waals surface area contributed by atoms with E-state index in [4.69, 9.17) is 19.4 Å². The van der Waals surface area contributed by atoms with E-state index in [1.165, 1.54) is 33.5 Å². The van der Waals surface area contributed by atoms with Gasteiger partial charge in [-0.25, -0.2) is 4.98 Å². The maximum Gasteiger partial charge on any atom is 0.217 e. The quantitative estimate of drug-likeness (QED) is 0.106. The SMILES string of the molecule is CC(C)Cc1cc(-c2[c-]cccc2)nc[c]1[Ge]([CH3])([CH3])[CH3].Cc1ccc2c(n1)oc1cc(-c3nc4ccccc4n3-c3c(C(C)C)cc(-c4ccccc4)cc3C(C)C)[c-]nc12.[Ir]. The second-order valence-corrected chi connectivity index (χ2v) is 28.8. The van der Waals surface area contributed by atoms with E-state index in [9.17, 15) is 0 Å². The predicted octanol–water partition coefficient (Wildman–Crippen LogP) is 13.7. The van der Waals surface area contributed by atoms with E-state index in [1.807, 2.05) is 49.4 Å². The number of aryl methyl sites for hydroxylation is 1. The van der Waals surface area contributed by atoms with E-state index in [1.54, 1.807) is 4.40 Å². The van der Waals surface area contributed by atoms with Gasteiger partial charge in [-0.1, -0.05) is 87.9 Å². The Kier molecular flexibility index (Phi) is 13.5. The summed E-state index contributed by atoms with van der Waals surface area (Å²) < 4.78 is 10.0. The van der Waals surface area contributed by atoms with Crippen LogP contribution in [-0.2, 0) is 26.5 Å². The Morgan fingerprint density at radius 2 is 1.42 bits per heavy atom.